The van der Waals surface area contributed by atoms with Gasteiger partial charge in [-0.3, -0.25) is 4.79 Å². The Balaban J connectivity index is 2.04. The molecule has 1 aromatic rings. The minimum absolute atomic E-state index is 0.139. The Morgan fingerprint density at radius 3 is 3.14 bits per heavy atom. The average molecular weight is 210 g/mol. The predicted octanol–water partition coefficient (Wildman–Crippen LogP) is 1.18. The van der Waals surface area contributed by atoms with E-state index in [0.29, 0.717) is 6.04 Å². The van der Waals surface area contributed by atoms with Crippen molar-refractivity contribution in [3.63, 3.8) is 0 Å². The van der Waals surface area contributed by atoms with Gasteiger partial charge in [0.1, 0.15) is 0 Å². The summed E-state index contributed by atoms with van der Waals surface area (Å²) in [5.74, 6) is 0.139. The molecule has 1 saturated heterocycles. The van der Waals surface area contributed by atoms with E-state index < -0.39 is 0 Å². The molecule has 1 fully saturated rings. The van der Waals surface area contributed by atoms with Crippen molar-refractivity contribution in [2.45, 2.75) is 12.5 Å². The minimum Gasteiger partial charge on any atom is -0.337 e. The number of likely N-dealkylation sites (N-methyl/N-ethyl adjacent to an activating group) is 1. The normalized spacial score (nSPS) is 21.1. The summed E-state index contributed by atoms with van der Waals surface area (Å²) in [6, 6.07) is 2.24. The second kappa shape index (κ2) is 4.11. The fraction of sp³-hybridized carbons (Fsp3) is 0.500. The Labute approximate surface area is 87.7 Å². The topological polar surface area (TPSA) is 32.3 Å². The van der Waals surface area contributed by atoms with Crippen LogP contribution in [0.5, 0.6) is 0 Å². The van der Waals surface area contributed by atoms with Gasteiger partial charge in [-0.15, -0.1) is 0 Å². The van der Waals surface area contributed by atoms with Crippen molar-refractivity contribution < 1.29 is 4.79 Å². The molecule has 3 nitrogen and oxygen atoms in total. The molecular formula is C10H14N2OS. The van der Waals surface area contributed by atoms with E-state index in [0.717, 1.165) is 25.1 Å². The highest BCUT2D eigenvalue weighted by atomic mass is 32.1. The SMILES string of the molecule is CN(C(=O)c1ccsc1)C1CCNC1. The van der Waals surface area contributed by atoms with Crippen LogP contribution in [-0.2, 0) is 0 Å². The van der Waals surface area contributed by atoms with Crippen molar-refractivity contribution in [1.29, 1.82) is 0 Å². The maximum absolute atomic E-state index is 11.9. The molecule has 4 heteroatoms. The van der Waals surface area contributed by atoms with Crippen LogP contribution in [0.4, 0.5) is 0 Å². The van der Waals surface area contributed by atoms with Crippen molar-refractivity contribution in [3.05, 3.63) is 22.4 Å². The lowest BCUT2D eigenvalue weighted by molar-refractivity contribution is 0.0744. The molecule has 1 amide bonds. The van der Waals surface area contributed by atoms with Crippen LogP contribution in [0.3, 0.4) is 0 Å². The van der Waals surface area contributed by atoms with Crippen LogP contribution >= 0.6 is 11.3 Å². The maximum Gasteiger partial charge on any atom is 0.254 e. The molecule has 0 radical (unpaired) electrons. The van der Waals surface area contributed by atoms with Gasteiger partial charge in [-0.05, 0) is 24.4 Å². The number of carbonyl (C=O) groups excluding carboxylic acids is 1. The predicted molar refractivity (Wildman–Crippen MR) is 57.7 cm³/mol. The lowest BCUT2D eigenvalue weighted by Crippen LogP contribution is -2.38. The van der Waals surface area contributed by atoms with E-state index in [9.17, 15) is 4.79 Å². The first-order valence-corrected chi connectivity index (χ1v) is 5.73. The Hall–Kier alpha value is -0.870. The Morgan fingerprint density at radius 1 is 1.71 bits per heavy atom. The Morgan fingerprint density at radius 2 is 2.57 bits per heavy atom. The number of amides is 1. The number of carbonyl (C=O) groups is 1. The van der Waals surface area contributed by atoms with Gasteiger partial charge >= 0.3 is 0 Å². The molecule has 14 heavy (non-hydrogen) atoms. The summed E-state index contributed by atoms with van der Waals surface area (Å²) >= 11 is 1.56. The smallest absolute Gasteiger partial charge is 0.254 e. The molecule has 1 atom stereocenters. The van der Waals surface area contributed by atoms with Crippen LogP contribution in [0, 0.1) is 0 Å². The Kier molecular flexibility index (Phi) is 2.84. The van der Waals surface area contributed by atoms with E-state index in [1.54, 1.807) is 11.3 Å². The third kappa shape index (κ3) is 1.81. The number of hydrogen-bond donors (Lipinski definition) is 1. The van der Waals surface area contributed by atoms with Gasteiger partial charge in [-0.2, -0.15) is 11.3 Å². The van der Waals surface area contributed by atoms with Crippen LogP contribution in [-0.4, -0.2) is 37.0 Å². The summed E-state index contributed by atoms with van der Waals surface area (Å²) in [4.78, 5) is 13.7. The second-order valence-electron chi connectivity index (χ2n) is 3.57. The molecule has 0 spiro atoms. The number of nitrogens with zero attached hydrogens (tertiary/aromatic N) is 1. The first kappa shape index (κ1) is 9.68. The first-order chi connectivity index (χ1) is 6.79. The standard InChI is InChI=1S/C10H14N2OS/c1-12(9-2-4-11-6-9)10(13)8-3-5-14-7-8/h3,5,7,9,11H,2,4,6H2,1H3. The lowest BCUT2D eigenvalue weighted by atomic mass is 10.2. The molecule has 1 aliphatic heterocycles. The van der Waals surface area contributed by atoms with Crippen LogP contribution < -0.4 is 5.32 Å². The summed E-state index contributed by atoms with van der Waals surface area (Å²) < 4.78 is 0. The summed E-state index contributed by atoms with van der Waals surface area (Å²) in [7, 11) is 1.89. The molecule has 1 N–H and O–H groups in total. The molecule has 1 unspecified atom stereocenters. The van der Waals surface area contributed by atoms with Crippen LogP contribution in [0.15, 0.2) is 16.8 Å². The minimum atomic E-state index is 0.139. The first-order valence-electron chi connectivity index (χ1n) is 4.79. The Bertz CT molecular complexity index is 304. The molecular weight excluding hydrogens is 196 g/mol. The highest BCUT2D eigenvalue weighted by Crippen LogP contribution is 2.13. The van der Waals surface area contributed by atoms with Crippen LogP contribution in [0.2, 0.25) is 0 Å². The zero-order chi connectivity index (χ0) is 9.97. The van der Waals surface area contributed by atoms with Gasteiger partial charge in [0.2, 0.25) is 0 Å². The summed E-state index contributed by atoms with van der Waals surface area (Å²) in [6.45, 7) is 1.94. The molecule has 2 heterocycles. The van der Waals surface area contributed by atoms with Gasteiger partial charge in [0.05, 0.1) is 5.56 Å². The van der Waals surface area contributed by atoms with Gasteiger partial charge in [-0.25, -0.2) is 0 Å². The van der Waals surface area contributed by atoms with Crippen molar-refractivity contribution in [3.8, 4) is 0 Å². The van der Waals surface area contributed by atoms with Gasteiger partial charge in [0, 0.05) is 25.0 Å². The number of nitrogens with one attached hydrogen (secondary N) is 1. The van der Waals surface area contributed by atoms with Crippen molar-refractivity contribution in [1.82, 2.24) is 10.2 Å². The van der Waals surface area contributed by atoms with Gasteiger partial charge in [0.15, 0.2) is 0 Å². The number of thiophene rings is 1. The van der Waals surface area contributed by atoms with E-state index in [4.69, 9.17) is 0 Å². The number of rotatable bonds is 2. The molecule has 0 saturated carbocycles. The summed E-state index contributed by atoms with van der Waals surface area (Å²) in [6.07, 6.45) is 1.06. The largest absolute Gasteiger partial charge is 0.337 e. The van der Waals surface area contributed by atoms with Gasteiger partial charge in [-0.1, -0.05) is 0 Å². The van der Waals surface area contributed by atoms with Crippen molar-refractivity contribution >= 4 is 17.2 Å². The molecule has 0 aromatic carbocycles. The van der Waals surface area contributed by atoms with Crippen LogP contribution in [0.25, 0.3) is 0 Å². The third-order valence-corrected chi connectivity index (χ3v) is 3.35. The fourth-order valence-corrected chi connectivity index (χ4v) is 2.36. The molecule has 76 valence electrons. The van der Waals surface area contributed by atoms with Crippen LogP contribution in [0.1, 0.15) is 16.8 Å². The van der Waals surface area contributed by atoms with Crippen molar-refractivity contribution in [2.24, 2.45) is 0 Å². The third-order valence-electron chi connectivity index (χ3n) is 2.67. The highest BCUT2D eigenvalue weighted by Gasteiger charge is 2.23. The number of hydrogen-bond acceptors (Lipinski definition) is 3. The van der Waals surface area contributed by atoms with E-state index >= 15 is 0 Å². The fourth-order valence-electron chi connectivity index (χ4n) is 1.73. The maximum atomic E-state index is 11.9. The lowest BCUT2D eigenvalue weighted by Gasteiger charge is -2.23. The second-order valence-corrected chi connectivity index (χ2v) is 4.35. The van der Waals surface area contributed by atoms with E-state index in [1.807, 2.05) is 28.8 Å². The molecule has 1 aliphatic rings. The van der Waals surface area contributed by atoms with E-state index in [2.05, 4.69) is 5.32 Å². The summed E-state index contributed by atoms with van der Waals surface area (Å²) in [5.41, 5.74) is 0.810. The van der Waals surface area contributed by atoms with Gasteiger partial charge in [0.25, 0.3) is 5.91 Å². The molecule has 2 rings (SSSR count). The quantitative estimate of drug-likeness (QED) is 0.795. The zero-order valence-corrected chi connectivity index (χ0v) is 9.01. The monoisotopic (exact) mass is 210 g/mol. The molecule has 0 bridgehead atoms. The summed E-state index contributed by atoms with van der Waals surface area (Å²) in [5, 5.41) is 7.10. The zero-order valence-electron chi connectivity index (χ0n) is 8.19. The highest BCUT2D eigenvalue weighted by molar-refractivity contribution is 7.08. The van der Waals surface area contributed by atoms with E-state index in [1.165, 1.54) is 0 Å². The average Bonchev–Trinajstić information content (AvgIpc) is 2.87. The van der Waals surface area contributed by atoms with Crippen molar-refractivity contribution in [2.75, 3.05) is 20.1 Å². The molecule has 1 aromatic heterocycles. The van der Waals surface area contributed by atoms with E-state index in [-0.39, 0.29) is 5.91 Å². The van der Waals surface area contributed by atoms with Gasteiger partial charge < -0.3 is 10.2 Å². The molecule has 0 aliphatic carbocycles.